The number of ether oxygens (including phenoxy) is 1. The van der Waals surface area contributed by atoms with E-state index in [0.29, 0.717) is 12.0 Å². The molecule has 2 atom stereocenters. The van der Waals surface area contributed by atoms with E-state index in [1.165, 1.54) is 0 Å². The average molecular weight is 346 g/mol. The van der Waals surface area contributed by atoms with Crippen LogP contribution >= 0.6 is 0 Å². The van der Waals surface area contributed by atoms with E-state index in [2.05, 4.69) is 10.6 Å². The summed E-state index contributed by atoms with van der Waals surface area (Å²) in [4.78, 5) is 34.8. The summed E-state index contributed by atoms with van der Waals surface area (Å²) in [6.07, 6.45) is 3.75. The number of esters is 1. The van der Waals surface area contributed by atoms with Crippen molar-refractivity contribution in [3.8, 4) is 0 Å². The smallest absolute Gasteiger partial charge is 0.315 e. The molecule has 6 nitrogen and oxygen atoms in total. The number of hydrogen-bond acceptors (Lipinski definition) is 4. The number of urea groups is 1. The molecule has 1 saturated heterocycles. The van der Waals surface area contributed by atoms with Gasteiger partial charge in [0.25, 0.3) is 0 Å². The molecule has 2 rings (SSSR count). The number of hydrogen-bond donors (Lipinski definition) is 2. The van der Waals surface area contributed by atoms with Crippen LogP contribution in [0.2, 0.25) is 0 Å². The van der Waals surface area contributed by atoms with Crippen molar-refractivity contribution in [2.75, 3.05) is 6.61 Å². The molecule has 0 aliphatic carbocycles. The molecule has 6 heteroatoms. The van der Waals surface area contributed by atoms with Crippen molar-refractivity contribution in [1.29, 1.82) is 0 Å². The summed E-state index contributed by atoms with van der Waals surface area (Å²) in [6.45, 7) is 3.72. The van der Waals surface area contributed by atoms with E-state index in [0.717, 1.165) is 31.2 Å². The van der Waals surface area contributed by atoms with Crippen molar-refractivity contribution in [2.45, 2.75) is 58.0 Å². The first kappa shape index (κ1) is 19.0. The summed E-state index contributed by atoms with van der Waals surface area (Å²) in [7, 11) is 0. The molecule has 1 aliphatic rings. The maximum absolute atomic E-state index is 11.9. The predicted molar refractivity (Wildman–Crippen MR) is 94.5 cm³/mol. The summed E-state index contributed by atoms with van der Waals surface area (Å²) in [5.74, 6) is -0.531. The molecule has 1 aliphatic heterocycles. The Balaban J connectivity index is 1.56. The van der Waals surface area contributed by atoms with Gasteiger partial charge in [-0.3, -0.25) is 9.59 Å². The van der Waals surface area contributed by atoms with Crippen LogP contribution in [0.5, 0.6) is 0 Å². The van der Waals surface area contributed by atoms with Gasteiger partial charge >= 0.3 is 12.0 Å². The average Bonchev–Trinajstić information content (AvgIpc) is 2.90. The number of Topliss-reactive ketones (excluding diaryl/α,β-unsaturated/α-hetero) is 1. The van der Waals surface area contributed by atoms with Crippen LogP contribution in [-0.2, 0) is 9.53 Å². The van der Waals surface area contributed by atoms with Gasteiger partial charge in [0, 0.05) is 18.0 Å². The Hall–Kier alpha value is -2.37. The Morgan fingerprint density at radius 1 is 1.08 bits per heavy atom. The van der Waals surface area contributed by atoms with E-state index in [-0.39, 0.29) is 36.5 Å². The molecule has 0 spiro atoms. The van der Waals surface area contributed by atoms with Crippen molar-refractivity contribution in [2.24, 2.45) is 0 Å². The third-order valence-corrected chi connectivity index (χ3v) is 4.41. The molecule has 0 aromatic heterocycles. The minimum absolute atomic E-state index is 0.112. The third kappa shape index (κ3) is 6.21. The zero-order chi connectivity index (χ0) is 18.2. The van der Waals surface area contributed by atoms with Crippen LogP contribution in [0.15, 0.2) is 24.3 Å². The van der Waals surface area contributed by atoms with Gasteiger partial charge in [0.1, 0.15) is 0 Å². The lowest BCUT2D eigenvalue weighted by Gasteiger charge is -2.13. The lowest BCUT2D eigenvalue weighted by atomic mass is 10.0. The van der Waals surface area contributed by atoms with Crippen LogP contribution < -0.4 is 10.6 Å². The van der Waals surface area contributed by atoms with E-state index in [9.17, 15) is 14.4 Å². The molecule has 1 fully saturated rings. The zero-order valence-electron chi connectivity index (χ0n) is 14.8. The predicted octanol–water partition coefficient (Wildman–Crippen LogP) is 2.74. The Bertz CT molecular complexity index is 612. The van der Waals surface area contributed by atoms with E-state index < -0.39 is 0 Å². The van der Waals surface area contributed by atoms with Gasteiger partial charge in [0.15, 0.2) is 12.4 Å². The number of aryl methyl sites for hydroxylation is 1. The molecule has 1 aromatic carbocycles. The Morgan fingerprint density at radius 2 is 1.80 bits per heavy atom. The minimum atomic E-state index is -0.343. The fourth-order valence-corrected chi connectivity index (χ4v) is 2.82. The molecule has 1 heterocycles. The fraction of sp³-hybridized carbons (Fsp3) is 0.526. The van der Waals surface area contributed by atoms with Crippen molar-refractivity contribution in [3.05, 3.63) is 35.4 Å². The number of unbranched alkanes of at least 4 members (excludes halogenated alkanes) is 2. The topological polar surface area (TPSA) is 84.5 Å². The van der Waals surface area contributed by atoms with Gasteiger partial charge < -0.3 is 15.4 Å². The number of amides is 2. The first-order valence-electron chi connectivity index (χ1n) is 8.78. The summed E-state index contributed by atoms with van der Waals surface area (Å²) >= 11 is 0. The highest BCUT2D eigenvalue weighted by atomic mass is 16.5. The lowest BCUT2D eigenvalue weighted by Crippen LogP contribution is -2.30. The normalized spacial score (nSPS) is 19.2. The zero-order valence-corrected chi connectivity index (χ0v) is 14.8. The van der Waals surface area contributed by atoms with Crippen LogP contribution in [-0.4, -0.2) is 36.5 Å². The third-order valence-electron chi connectivity index (χ3n) is 4.41. The van der Waals surface area contributed by atoms with Crippen LogP contribution in [0.25, 0.3) is 0 Å². The van der Waals surface area contributed by atoms with Crippen molar-refractivity contribution < 1.29 is 19.1 Å². The second kappa shape index (κ2) is 9.20. The molecule has 0 radical (unpaired) electrons. The van der Waals surface area contributed by atoms with E-state index in [1.807, 2.05) is 26.0 Å². The van der Waals surface area contributed by atoms with Crippen molar-refractivity contribution >= 4 is 17.8 Å². The van der Waals surface area contributed by atoms with E-state index >= 15 is 0 Å². The number of ketones is 1. The maximum Gasteiger partial charge on any atom is 0.315 e. The SMILES string of the molecule is Cc1ccc(C(=O)COC(=O)CCCCC[C@@H]2NC(=O)N[C@H]2C)cc1. The summed E-state index contributed by atoms with van der Waals surface area (Å²) in [5.41, 5.74) is 1.63. The maximum atomic E-state index is 11.9. The van der Waals surface area contributed by atoms with Crippen molar-refractivity contribution in [3.63, 3.8) is 0 Å². The molecule has 25 heavy (non-hydrogen) atoms. The first-order chi connectivity index (χ1) is 12.0. The van der Waals surface area contributed by atoms with Crippen LogP contribution in [0.1, 0.15) is 54.9 Å². The number of rotatable bonds is 9. The van der Waals surface area contributed by atoms with Crippen LogP contribution in [0.3, 0.4) is 0 Å². The quantitative estimate of drug-likeness (QED) is 0.409. The summed E-state index contributed by atoms with van der Waals surface area (Å²) in [6, 6.07) is 7.39. The monoisotopic (exact) mass is 346 g/mol. The Morgan fingerprint density at radius 3 is 2.44 bits per heavy atom. The Kier molecular flexibility index (Phi) is 6.98. The number of nitrogens with one attached hydrogen (secondary N) is 2. The molecule has 2 N–H and O–H groups in total. The lowest BCUT2D eigenvalue weighted by molar-refractivity contribution is -0.142. The molecule has 2 amide bonds. The van der Waals surface area contributed by atoms with Gasteiger partial charge in [0.05, 0.1) is 6.04 Å². The summed E-state index contributed by atoms with van der Waals surface area (Å²) in [5, 5.41) is 5.69. The standard InChI is InChI=1S/C19H26N2O4/c1-13-8-10-15(11-9-13)17(22)12-25-18(23)7-5-3-4-6-16-14(2)20-19(24)21-16/h8-11,14,16H,3-7,12H2,1-2H3,(H2,20,21,24)/t14-,16-/m0/s1. The summed E-state index contributed by atoms with van der Waals surface area (Å²) < 4.78 is 5.04. The second-order valence-corrected chi connectivity index (χ2v) is 6.56. The number of benzene rings is 1. The largest absolute Gasteiger partial charge is 0.457 e. The molecule has 0 saturated carbocycles. The van der Waals surface area contributed by atoms with E-state index in [1.54, 1.807) is 12.1 Å². The number of carbonyl (C=O) groups is 3. The van der Waals surface area contributed by atoms with Crippen LogP contribution in [0.4, 0.5) is 4.79 Å². The van der Waals surface area contributed by atoms with Gasteiger partial charge in [-0.25, -0.2) is 4.79 Å². The molecule has 136 valence electrons. The highest BCUT2D eigenvalue weighted by Gasteiger charge is 2.26. The molecular weight excluding hydrogens is 320 g/mol. The van der Waals surface area contributed by atoms with Crippen LogP contribution in [0, 0.1) is 6.92 Å². The van der Waals surface area contributed by atoms with Gasteiger partial charge in [0.2, 0.25) is 0 Å². The molecular formula is C19H26N2O4. The highest BCUT2D eigenvalue weighted by Crippen LogP contribution is 2.12. The fourth-order valence-electron chi connectivity index (χ4n) is 2.82. The Labute approximate surface area is 148 Å². The van der Waals surface area contributed by atoms with Crippen molar-refractivity contribution in [1.82, 2.24) is 10.6 Å². The highest BCUT2D eigenvalue weighted by molar-refractivity contribution is 5.97. The second-order valence-electron chi connectivity index (χ2n) is 6.56. The first-order valence-corrected chi connectivity index (χ1v) is 8.78. The van der Waals surface area contributed by atoms with E-state index in [4.69, 9.17) is 4.74 Å². The van der Waals surface area contributed by atoms with Gasteiger partial charge in [-0.2, -0.15) is 0 Å². The number of carbonyl (C=O) groups excluding carboxylic acids is 3. The van der Waals surface area contributed by atoms with Gasteiger partial charge in [-0.05, 0) is 26.7 Å². The van der Waals surface area contributed by atoms with Gasteiger partial charge in [-0.15, -0.1) is 0 Å². The molecule has 1 aromatic rings. The minimum Gasteiger partial charge on any atom is -0.457 e. The molecule has 0 bridgehead atoms. The van der Waals surface area contributed by atoms with Gasteiger partial charge in [-0.1, -0.05) is 42.7 Å². The molecule has 0 unspecified atom stereocenters.